The summed E-state index contributed by atoms with van der Waals surface area (Å²) in [5, 5.41) is 3.40. The number of hydrogen-bond acceptors (Lipinski definition) is 4. The molecule has 0 heterocycles. The van der Waals surface area contributed by atoms with Crippen LogP contribution in [0.5, 0.6) is 0 Å². The number of rotatable bonds is 11. The fourth-order valence-electron chi connectivity index (χ4n) is 4.82. The molecular weight excluding hydrogens is 674 g/mol. The number of aryl methyl sites for hydroxylation is 1. The number of amides is 2. The third-order valence-electron chi connectivity index (χ3n) is 7.06. The van der Waals surface area contributed by atoms with E-state index in [4.69, 9.17) is 11.6 Å². The van der Waals surface area contributed by atoms with E-state index in [9.17, 15) is 18.0 Å². The normalized spacial score (nSPS) is 12.3. The van der Waals surface area contributed by atoms with E-state index in [0.717, 1.165) is 25.5 Å². The first-order chi connectivity index (χ1) is 21.2. The zero-order chi connectivity index (χ0) is 32.8. The Morgan fingerprint density at radius 2 is 1.49 bits per heavy atom. The van der Waals surface area contributed by atoms with Gasteiger partial charge in [0, 0.05) is 28.0 Å². The summed E-state index contributed by atoms with van der Waals surface area (Å²) in [4.78, 5) is 30.0. The van der Waals surface area contributed by atoms with E-state index in [1.54, 1.807) is 30.3 Å². The largest absolute Gasteiger partial charge is 0.350 e. The summed E-state index contributed by atoms with van der Waals surface area (Å²) in [7, 11) is -4.21. The quantitative estimate of drug-likeness (QED) is 0.179. The van der Waals surface area contributed by atoms with Crippen molar-refractivity contribution in [2.45, 2.75) is 57.1 Å². The van der Waals surface area contributed by atoms with Gasteiger partial charge in [-0.05, 0) is 80.8 Å². The monoisotopic (exact) mass is 709 g/mol. The molecule has 0 bridgehead atoms. The fraction of sp³-hybridized carbons (Fsp3) is 0.257. The molecule has 0 radical (unpaired) electrons. The maximum Gasteiger partial charge on any atom is 0.264 e. The lowest BCUT2D eigenvalue weighted by molar-refractivity contribution is -0.140. The number of nitrogens with zero attached hydrogens (tertiary/aromatic N) is 2. The van der Waals surface area contributed by atoms with Crippen LogP contribution in [0.4, 0.5) is 5.69 Å². The second-order valence-corrected chi connectivity index (χ2v) is 15.0. The van der Waals surface area contributed by atoms with E-state index in [2.05, 4.69) is 21.2 Å². The van der Waals surface area contributed by atoms with Gasteiger partial charge in [-0.1, -0.05) is 94.3 Å². The summed E-state index contributed by atoms with van der Waals surface area (Å²) in [5.74, 6) is -0.887. The van der Waals surface area contributed by atoms with Crippen molar-refractivity contribution in [3.63, 3.8) is 0 Å². The third kappa shape index (κ3) is 9.19. The van der Waals surface area contributed by atoms with Crippen molar-refractivity contribution in [1.29, 1.82) is 0 Å². The first-order valence-electron chi connectivity index (χ1n) is 14.5. The van der Waals surface area contributed by atoms with Crippen LogP contribution in [0.15, 0.2) is 112 Å². The molecule has 7 nitrogen and oxygen atoms in total. The van der Waals surface area contributed by atoms with Gasteiger partial charge in [0.15, 0.2) is 0 Å². The van der Waals surface area contributed by atoms with Gasteiger partial charge in [-0.15, -0.1) is 0 Å². The number of halogens is 2. The van der Waals surface area contributed by atoms with Crippen LogP contribution in [0.1, 0.15) is 37.5 Å². The minimum atomic E-state index is -4.21. The molecule has 2 amide bonds. The summed E-state index contributed by atoms with van der Waals surface area (Å²) < 4.78 is 30.1. The first-order valence-corrected chi connectivity index (χ1v) is 17.1. The van der Waals surface area contributed by atoms with Gasteiger partial charge in [-0.3, -0.25) is 13.9 Å². The lowest BCUT2D eigenvalue weighted by Crippen LogP contribution is -2.56. The van der Waals surface area contributed by atoms with Gasteiger partial charge >= 0.3 is 0 Å². The van der Waals surface area contributed by atoms with Crippen molar-refractivity contribution in [3.05, 3.63) is 129 Å². The topological polar surface area (TPSA) is 86.8 Å². The van der Waals surface area contributed by atoms with Crippen molar-refractivity contribution in [2.24, 2.45) is 0 Å². The smallest absolute Gasteiger partial charge is 0.264 e. The summed E-state index contributed by atoms with van der Waals surface area (Å²) in [6.07, 6.45) is 0.226. The lowest BCUT2D eigenvalue weighted by atomic mass is 10.0. The van der Waals surface area contributed by atoms with E-state index >= 15 is 0 Å². The molecule has 0 spiro atoms. The molecule has 0 fully saturated rings. The number of carbonyl (C=O) groups excluding carboxylic acids is 2. The molecule has 0 saturated carbocycles. The molecule has 0 aromatic heterocycles. The highest BCUT2D eigenvalue weighted by atomic mass is 79.9. The van der Waals surface area contributed by atoms with Crippen molar-refractivity contribution < 1.29 is 18.0 Å². The van der Waals surface area contributed by atoms with Crippen LogP contribution in [0.2, 0.25) is 5.02 Å². The lowest BCUT2D eigenvalue weighted by Gasteiger charge is -2.35. The van der Waals surface area contributed by atoms with Crippen LogP contribution in [0.25, 0.3) is 0 Å². The molecule has 0 aliphatic carbocycles. The summed E-state index contributed by atoms with van der Waals surface area (Å²) >= 11 is 9.95. The Morgan fingerprint density at radius 3 is 2.09 bits per heavy atom. The molecule has 1 N–H and O–H groups in total. The number of anilines is 1. The van der Waals surface area contributed by atoms with Gasteiger partial charge in [0.2, 0.25) is 11.8 Å². The molecule has 236 valence electrons. The molecule has 1 unspecified atom stereocenters. The van der Waals surface area contributed by atoms with Gasteiger partial charge < -0.3 is 10.2 Å². The first kappa shape index (κ1) is 34.2. The molecule has 0 aliphatic heterocycles. The summed E-state index contributed by atoms with van der Waals surface area (Å²) in [6.45, 7) is 6.95. The Morgan fingerprint density at radius 1 is 0.867 bits per heavy atom. The van der Waals surface area contributed by atoms with E-state index in [-0.39, 0.29) is 29.5 Å². The maximum absolute atomic E-state index is 14.5. The molecule has 4 aromatic carbocycles. The number of hydrogen-bond donors (Lipinski definition) is 1. The molecular formula is C35H37BrClN3O4S. The highest BCUT2D eigenvalue weighted by molar-refractivity contribution is 9.10. The van der Waals surface area contributed by atoms with E-state index < -0.39 is 34.1 Å². The van der Waals surface area contributed by atoms with Crippen LogP contribution < -0.4 is 9.62 Å². The number of benzene rings is 4. The van der Waals surface area contributed by atoms with Crippen LogP contribution in [-0.2, 0) is 32.6 Å². The Labute approximate surface area is 279 Å². The Balaban J connectivity index is 1.83. The maximum atomic E-state index is 14.5. The van der Waals surface area contributed by atoms with Crippen molar-refractivity contribution in [2.75, 3.05) is 10.8 Å². The van der Waals surface area contributed by atoms with Gasteiger partial charge in [-0.25, -0.2) is 8.42 Å². The Bertz CT molecular complexity index is 1750. The molecule has 0 aliphatic rings. The summed E-state index contributed by atoms with van der Waals surface area (Å²) in [5.41, 5.74) is 2.07. The van der Waals surface area contributed by atoms with E-state index in [1.165, 1.54) is 23.1 Å². The SMILES string of the molecule is Cc1ccc(N(CC(=O)N(Cc2cccc(Br)c2)C(Cc2ccccc2)C(=O)NC(C)(C)C)S(=O)(=O)c2ccccc2)cc1Cl. The molecule has 4 aromatic rings. The average molecular weight is 711 g/mol. The van der Waals surface area contributed by atoms with E-state index in [1.807, 2.05) is 82.3 Å². The number of nitrogens with one attached hydrogen (secondary N) is 1. The molecule has 45 heavy (non-hydrogen) atoms. The zero-order valence-electron chi connectivity index (χ0n) is 25.7. The second kappa shape index (κ2) is 14.6. The Hall–Kier alpha value is -3.66. The number of sulfonamides is 1. The highest BCUT2D eigenvalue weighted by Crippen LogP contribution is 2.29. The van der Waals surface area contributed by atoms with Crippen LogP contribution in [0, 0.1) is 6.92 Å². The van der Waals surface area contributed by atoms with Gasteiger partial charge in [0.05, 0.1) is 10.6 Å². The Kier molecular flexibility index (Phi) is 11.1. The fourth-order valence-corrected chi connectivity index (χ4v) is 6.87. The number of carbonyl (C=O) groups is 2. The van der Waals surface area contributed by atoms with Crippen LogP contribution in [-0.4, -0.2) is 43.3 Å². The summed E-state index contributed by atoms with van der Waals surface area (Å²) in [6, 6.07) is 28.8. The minimum Gasteiger partial charge on any atom is -0.350 e. The van der Waals surface area contributed by atoms with Crippen LogP contribution >= 0.6 is 27.5 Å². The zero-order valence-corrected chi connectivity index (χ0v) is 28.9. The molecule has 1 atom stereocenters. The van der Waals surface area contributed by atoms with Crippen molar-refractivity contribution in [1.82, 2.24) is 10.2 Å². The van der Waals surface area contributed by atoms with Crippen molar-refractivity contribution >= 4 is 55.1 Å². The van der Waals surface area contributed by atoms with Gasteiger partial charge in [0.25, 0.3) is 10.0 Å². The van der Waals surface area contributed by atoms with Gasteiger partial charge in [-0.2, -0.15) is 0 Å². The molecule has 0 saturated heterocycles. The van der Waals surface area contributed by atoms with Crippen LogP contribution in [0.3, 0.4) is 0 Å². The predicted molar refractivity (Wildman–Crippen MR) is 184 cm³/mol. The third-order valence-corrected chi connectivity index (χ3v) is 9.75. The van der Waals surface area contributed by atoms with Crippen molar-refractivity contribution in [3.8, 4) is 0 Å². The van der Waals surface area contributed by atoms with E-state index in [0.29, 0.717) is 5.02 Å². The van der Waals surface area contributed by atoms with Gasteiger partial charge in [0.1, 0.15) is 12.6 Å². The highest BCUT2D eigenvalue weighted by Gasteiger charge is 2.35. The second-order valence-electron chi connectivity index (χ2n) is 11.9. The molecule has 4 rings (SSSR count). The average Bonchev–Trinajstić information content (AvgIpc) is 2.99. The predicted octanol–water partition coefficient (Wildman–Crippen LogP) is 7.16. The standard InChI is InChI=1S/C35H37BrClN3O4S/c1-25-18-19-29(22-31(25)37)40(45(43,44)30-16-9-6-10-17-30)24-33(41)39(23-27-14-11-15-28(36)20-27)32(34(42)38-35(2,3)4)21-26-12-7-5-8-13-26/h5-20,22,32H,21,23-24H2,1-4H3,(H,38,42). The minimum absolute atomic E-state index is 0.0272. The molecule has 10 heteroatoms.